The average Bonchev–Trinajstić information content (AvgIpc) is 2.62. The van der Waals surface area contributed by atoms with E-state index in [1.807, 2.05) is 10.8 Å². The molecule has 1 aromatic heterocycles. The summed E-state index contributed by atoms with van der Waals surface area (Å²) in [5, 5.41) is 9.32. The van der Waals surface area contributed by atoms with Crippen molar-refractivity contribution < 1.29 is 21.5 Å². The number of aromatic nitrogens is 3. The van der Waals surface area contributed by atoms with Crippen LogP contribution in [0.15, 0.2) is 4.08 Å². The van der Waals surface area contributed by atoms with Gasteiger partial charge in [0.05, 0.1) is 0 Å². The van der Waals surface area contributed by atoms with Crippen molar-refractivity contribution in [2.45, 2.75) is 17.7 Å². The molecule has 1 aliphatic heterocycles. The summed E-state index contributed by atoms with van der Waals surface area (Å²) in [4.78, 5) is 0. The molecule has 0 radical (unpaired) electrons. The standard InChI is InChI=1S/C7H10IN5.Al.2H/c1-5(9)4-6-11-12-7-10-8-2-3-13(6)7;;;/h2-3,5H,1,4,9H2,(H,10,12);;;/q-1;;;/t5-;;;/m1.../s1. The molecule has 0 fully saturated rings. The normalized spacial score (nSPS) is 16.6. The van der Waals surface area contributed by atoms with Gasteiger partial charge in [0, 0.05) is 0 Å². The molecule has 76 valence electrons. The van der Waals surface area contributed by atoms with E-state index in [4.69, 9.17) is 5.73 Å². The van der Waals surface area contributed by atoms with Crippen LogP contribution in [0.3, 0.4) is 0 Å². The topological polar surface area (TPSA) is 68.8 Å². The molecule has 0 aromatic carbocycles. The van der Waals surface area contributed by atoms with Crippen LogP contribution >= 0.6 is 0 Å². The summed E-state index contributed by atoms with van der Waals surface area (Å²) < 4.78 is 7.41. The Balaban J connectivity index is 2.19. The molecule has 0 amide bonds. The van der Waals surface area contributed by atoms with Gasteiger partial charge in [0.25, 0.3) is 0 Å². The quantitative estimate of drug-likeness (QED) is 0.339. The number of rotatable bonds is 3. The van der Waals surface area contributed by atoms with E-state index in [0.717, 1.165) is 39.8 Å². The van der Waals surface area contributed by atoms with Crippen molar-refractivity contribution in [3.63, 3.8) is 0 Å². The molecule has 3 N–H and O–H groups in total. The molecule has 2 heterocycles. The second-order valence-electron chi connectivity index (χ2n) is 3.16. The van der Waals surface area contributed by atoms with Crippen LogP contribution in [0.25, 0.3) is 6.20 Å². The predicted molar refractivity (Wildman–Crippen MR) is 54.0 cm³/mol. The van der Waals surface area contributed by atoms with E-state index in [-0.39, 0.29) is 27.5 Å². The Morgan fingerprint density at radius 1 is 1.64 bits per heavy atom. The van der Waals surface area contributed by atoms with E-state index < -0.39 is 0 Å². The Bertz CT molecular complexity index is 350. The number of nitrogens with zero attached hydrogens (tertiary/aromatic N) is 3. The summed E-state index contributed by atoms with van der Waals surface area (Å²) >= 11 is 1.08. The third kappa shape index (κ3) is 2.11. The van der Waals surface area contributed by atoms with E-state index >= 15 is 0 Å². The molecule has 7 heteroatoms. The monoisotopic (exact) mass is 320 g/mol. The number of hydrogen-bond donors (Lipinski definition) is 2. The molecule has 0 saturated heterocycles. The maximum atomic E-state index is 5.91. The van der Waals surface area contributed by atoms with Crippen molar-refractivity contribution >= 4 is 28.4 Å². The van der Waals surface area contributed by atoms with Crippen molar-refractivity contribution in [3.05, 3.63) is 9.91 Å². The van der Waals surface area contributed by atoms with Gasteiger partial charge >= 0.3 is 102 Å². The summed E-state index contributed by atoms with van der Waals surface area (Å²) in [6, 6.07) is 0.236. The Kier molecular flexibility index (Phi) is 3.43. The molecule has 0 aliphatic carbocycles. The van der Waals surface area contributed by atoms with Gasteiger partial charge in [0.15, 0.2) is 0 Å². The van der Waals surface area contributed by atoms with Crippen LogP contribution in [0.2, 0.25) is 5.28 Å². The fraction of sp³-hybridized carbons (Fsp3) is 0.429. The second-order valence-corrected chi connectivity index (χ2v) is 5.86. The minimum absolute atomic E-state index is 0.0641. The number of fused-ring (bicyclic) bond motifs is 1. The van der Waals surface area contributed by atoms with Gasteiger partial charge < -0.3 is 0 Å². The fourth-order valence-electron chi connectivity index (χ4n) is 1.23. The minimum atomic E-state index is -0.0641. The first-order valence-electron chi connectivity index (χ1n) is 4.55. The van der Waals surface area contributed by atoms with E-state index in [1.165, 1.54) is 0 Å². The molecule has 14 heavy (non-hydrogen) atoms. The summed E-state index contributed by atoms with van der Waals surface area (Å²) in [5.74, 6) is 1.84. The van der Waals surface area contributed by atoms with Gasteiger partial charge in [-0.1, -0.05) is 0 Å². The molecule has 1 aromatic rings. The van der Waals surface area contributed by atoms with Crippen LogP contribution in [-0.2, 0) is 6.42 Å². The van der Waals surface area contributed by atoms with Crippen LogP contribution in [0.5, 0.6) is 0 Å². The van der Waals surface area contributed by atoms with Crippen molar-refractivity contribution in [2.24, 2.45) is 5.73 Å². The van der Waals surface area contributed by atoms with E-state index in [1.54, 1.807) is 0 Å². The van der Waals surface area contributed by atoms with Gasteiger partial charge in [-0.15, -0.1) is 0 Å². The van der Waals surface area contributed by atoms with Gasteiger partial charge in [-0.25, -0.2) is 0 Å². The summed E-state index contributed by atoms with van der Waals surface area (Å²) in [6.07, 6.45) is 2.87. The Morgan fingerprint density at radius 3 is 3.29 bits per heavy atom. The van der Waals surface area contributed by atoms with Gasteiger partial charge in [-0.2, -0.15) is 0 Å². The van der Waals surface area contributed by atoms with E-state index in [9.17, 15) is 0 Å². The van der Waals surface area contributed by atoms with Crippen molar-refractivity contribution in [1.29, 1.82) is 0 Å². The first-order valence-corrected chi connectivity index (χ1v) is 8.29. The number of halogens is 1. The van der Waals surface area contributed by atoms with Gasteiger partial charge in [-0.3, -0.25) is 0 Å². The number of nitrogens with two attached hydrogens (primary N) is 1. The van der Waals surface area contributed by atoms with Crippen molar-refractivity contribution in [1.82, 2.24) is 14.8 Å². The average molecular weight is 320 g/mol. The third-order valence-electron chi connectivity index (χ3n) is 2.14. The molecule has 2 rings (SSSR count). The molecule has 1 aliphatic rings. The zero-order chi connectivity index (χ0) is 9.97. The predicted octanol–water partition coefficient (Wildman–Crippen LogP) is -3.94. The maximum absolute atomic E-state index is 5.91. The first kappa shape index (κ1) is 10.4. The molecular formula is C7H12AlIN5-. The molecule has 0 spiro atoms. The summed E-state index contributed by atoms with van der Waals surface area (Å²) in [5.41, 5.74) is 5.91. The van der Waals surface area contributed by atoms with Crippen LogP contribution in [0.4, 0.5) is 5.95 Å². The van der Waals surface area contributed by atoms with Gasteiger partial charge in [0.1, 0.15) is 0 Å². The van der Waals surface area contributed by atoms with Crippen molar-refractivity contribution in [2.75, 3.05) is 3.53 Å². The fourth-order valence-corrected chi connectivity index (χ4v) is 2.82. The Labute approximate surface area is 101 Å². The second kappa shape index (κ2) is 4.61. The summed E-state index contributed by atoms with van der Waals surface area (Å²) in [6.45, 7) is 0. The van der Waals surface area contributed by atoms with Crippen LogP contribution in [0, 0.1) is 0 Å². The molecular weight excluding hydrogens is 308 g/mol. The van der Waals surface area contributed by atoms with Crippen LogP contribution < -0.4 is 30.7 Å². The number of hydrogen-bond acceptors (Lipinski definition) is 4. The molecule has 0 unspecified atom stereocenters. The molecule has 5 nitrogen and oxygen atoms in total. The number of nitrogens with one attached hydrogen (secondary N) is 1. The third-order valence-corrected chi connectivity index (χ3v) is 4.67. The Hall–Kier alpha value is -0.0975. The van der Waals surface area contributed by atoms with Crippen LogP contribution in [0.1, 0.15) is 5.82 Å². The van der Waals surface area contributed by atoms with Crippen molar-refractivity contribution in [3.8, 4) is 0 Å². The van der Waals surface area contributed by atoms with Gasteiger partial charge in [-0.05, 0) is 0 Å². The van der Waals surface area contributed by atoms with E-state index in [0.29, 0.717) is 0 Å². The van der Waals surface area contributed by atoms with Crippen LogP contribution in [-0.4, -0.2) is 37.1 Å². The summed E-state index contributed by atoms with van der Waals surface area (Å²) in [7, 11) is 0. The Morgan fingerprint density at radius 2 is 2.50 bits per heavy atom. The zero-order valence-corrected chi connectivity index (χ0v) is 12.1. The zero-order valence-electron chi connectivity index (χ0n) is 7.94. The SMILES string of the molecule is N[C@H]([CH2][AlH2])Cc1nnc2n1C=C[I-]N2. The van der Waals surface area contributed by atoms with Gasteiger partial charge in [0.2, 0.25) is 0 Å². The number of anilines is 1. The van der Waals surface area contributed by atoms with E-state index in [2.05, 4.69) is 17.8 Å². The first-order chi connectivity index (χ1) is 6.81. The molecule has 0 saturated carbocycles. The molecule has 0 bridgehead atoms. The molecule has 1 atom stereocenters.